The van der Waals surface area contributed by atoms with E-state index < -0.39 is 17.9 Å². The molecule has 2 aromatic rings. The van der Waals surface area contributed by atoms with Gasteiger partial charge in [0.15, 0.2) is 6.04 Å². The van der Waals surface area contributed by atoms with Gasteiger partial charge in [-0.2, -0.15) is 0 Å². The molecule has 21 heavy (non-hydrogen) atoms. The molecule has 110 valence electrons. The van der Waals surface area contributed by atoms with E-state index in [1.807, 2.05) is 0 Å². The summed E-state index contributed by atoms with van der Waals surface area (Å²) in [6, 6.07) is -1.10. The Morgan fingerprint density at radius 3 is 2.86 bits per heavy atom. The summed E-state index contributed by atoms with van der Waals surface area (Å²) in [7, 11) is 0. The van der Waals surface area contributed by atoms with Gasteiger partial charge >= 0.3 is 5.97 Å². The molecule has 0 radical (unpaired) electrons. The van der Waals surface area contributed by atoms with Crippen LogP contribution < -0.4 is 0 Å². The first-order valence-electron chi connectivity index (χ1n) is 6.49. The zero-order valence-corrected chi connectivity index (χ0v) is 11.6. The third kappa shape index (κ3) is 1.99. The van der Waals surface area contributed by atoms with Crippen LogP contribution in [0.5, 0.6) is 0 Å². The second-order valence-corrected chi connectivity index (χ2v) is 4.95. The molecule has 3 heterocycles. The van der Waals surface area contributed by atoms with Gasteiger partial charge < -0.3 is 19.5 Å². The number of amides is 1. The highest BCUT2D eigenvalue weighted by Crippen LogP contribution is 2.30. The van der Waals surface area contributed by atoms with Crippen molar-refractivity contribution in [1.82, 2.24) is 20.0 Å². The molecule has 0 aromatic carbocycles. The van der Waals surface area contributed by atoms with Crippen molar-refractivity contribution in [2.75, 3.05) is 6.54 Å². The predicted octanol–water partition coefficient (Wildman–Crippen LogP) is 0.839. The average molecular weight is 290 g/mol. The second-order valence-electron chi connectivity index (χ2n) is 4.95. The number of aryl methyl sites for hydroxylation is 2. The maximum atomic E-state index is 12.7. The number of aliphatic carboxylic acids is 1. The molecular weight excluding hydrogens is 276 g/mol. The molecule has 0 spiro atoms. The molecule has 0 saturated carbocycles. The van der Waals surface area contributed by atoms with Crippen LogP contribution in [0.15, 0.2) is 10.9 Å². The number of carbonyl (C=O) groups excluding carboxylic acids is 1. The van der Waals surface area contributed by atoms with E-state index >= 15 is 0 Å². The largest absolute Gasteiger partial charge is 0.479 e. The van der Waals surface area contributed by atoms with Crippen molar-refractivity contribution in [1.29, 1.82) is 0 Å². The van der Waals surface area contributed by atoms with E-state index in [-0.39, 0.29) is 0 Å². The van der Waals surface area contributed by atoms with E-state index in [2.05, 4.69) is 15.1 Å². The molecule has 2 aromatic heterocycles. The van der Waals surface area contributed by atoms with Gasteiger partial charge in [0, 0.05) is 18.7 Å². The third-order valence-electron chi connectivity index (χ3n) is 3.67. The molecule has 3 rings (SSSR count). The molecule has 0 saturated heterocycles. The molecular formula is C13H14N4O4. The highest BCUT2D eigenvalue weighted by atomic mass is 16.5. The lowest BCUT2D eigenvalue weighted by Gasteiger charge is -2.32. The van der Waals surface area contributed by atoms with E-state index in [1.165, 1.54) is 11.2 Å². The molecule has 1 aliphatic rings. The van der Waals surface area contributed by atoms with E-state index in [4.69, 9.17) is 4.52 Å². The van der Waals surface area contributed by atoms with Crippen LogP contribution >= 0.6 is 0 Å². The zero-order valence-electron chi connectivity index (χ0n) is 11.6. The molecule has 1 amide bonds. The number of aromatic nitrogens is 3. The molecule has 1 aliphatic heterocycles. The standard InChI is InChI=1S/C13H14N4O4/c1-6-9(7(2)21-16-6)12(18)17-4-3-8-10(15-5-14-8)11(17)13(19)20/h5,11H,3-4H2,1-2H3,(H,14,15)(H,19,20). The molecule has 1 unspecified atom stereocenters. The first-order chi connectivity index (χ1) is 10.0. The second kappa shape index (κ2) is 4.72. The van der Waals surface area contributed by atoms with Crippen LogP contribution in [-0.2, 0) is 11.2 Å². The number of hydrogen-bond donors (Lipinski definition) is 2. The van der Waals surface area contributed by atoms with Crippen LogP contribution in [0.3, 0.4) is 0 Å². The fourth-order valence-electron chi connectivity index (χ4n) is 2.68. The van der Waals surface area contributed by atoms with E-state index in [1.54, 1.807) is 13.8 Å². The van der Waals surface area contributed by atoms with Gasteiger partial charge in [-0.05, 0) is 13.8 Å². The minimum atomic E-state index is -1.11. The summed E-state index contributed by atoms with van der Waals surface area (Å²) in [5, 5.41) is 13.2. The van der Waals surface area contributed by atoms with Gasteiger partial charge in [-0.15, -0.1) is 0 Å². The normalized spacial score (nSPS) is 17.6. The van der Waals surface area contributed by atoms with Crippen molar-refractivity contribution in [2.45, 2.75) is 26.3 Å². The lowest BCUT2D eigenvalue weighted by molar-refractivity contribution is -0.143. The smallest absolute Gasteiger partial charge is 0.332 e. The maximum absolute atomic E-state index is 12.7. The fourth-order valence-corrected chi connectivity index (χ4v) is 2.68. The number of carboxylic acids is 1. The summed E-state index contributed by atoms with van der Waals surface area (Å²) in [5.74, 6) is -1.12. The lowest BCUT2D eigenvalue weighted by Crippen LogP contribution is -2.44. The van der Waals surface area contributed by atoms with E-state index in [0.29, 0.717) is 35.7 Å². The van der Waals surface area contributed by atoms with Crippen molar-refractivity contribution in [3.63, 3.8) is 0 Å². The van der Waals surface area contributed by atoms with Crippen LogP contribution in [0.1, 0.15) is 39.2 Å². The highest BCUT2D eigenvalue weighted by molar-refractivity contribution is 5.98. The minimum absolute atomic E-state index is 0.301. The van der Waals surface area contributed by atoms with Gasteiger partial charge in [0.2, 0.25) is 0 Å². The van der Waals surface area contributed by atoms with Gasteiger partial charge in [-0.25, -0.2) is 9.78 Å². The number of carboxylic acid groups (broad SMARTS) is 1. The van der Waals surface area contributed by atoms with Crippen LogP contribution in [0, 0.1) is 13.8 Å². The van der Waals surface area contributed by atoms with Crippen molar-refractivity contribution in [3.8, 4) is 0 Å². The van der Waals surface area contributed by atoms with E-state index in [9.17, 15) is 14.7 Å². The summed E-state index contributed by atoms with van der Waals surface area (Å²) in [4.78, 5) is 32.5. The zero-order chi connectivity index (χ0) is 15.1. The summed E-state index contributed by atoms with van der Waals surface area (Å²) in [5.41, 5.74) is 1.91. The molecule has 0 aliphatic carbocycles. The van der Waals surface area contributed by atoms with Gasteiger partial charge in [-0.3, -0.25) is 4.79 Å². The van der Waals surface area contributed by atoms with E-state index in [0.717, 1.165) is 5.69 Å². The Hall–Kier alpha value is -2.64. The molecule has 0 fully saturated rings. The molecule has 2 N–H and O–H groups in total. The molecule has 8 nitrogen and oxygen atoms in total. The SMILES string of the molecule is Cc1noc(C)c1C(=O)N1CCc2[nH]cnc2C1C(=O)O. The summed E-state index contributed by atoms with van der Waals surface area (Å²) in [6.45, 7) is 3.59. The van der Waals surface area contributed by atoms with Gasteiger partial charge in [0.1, 0.15) is 11.3 Å². The summed E-state index contributed by atoms with van der Waals surface area (Å²) < 4.78 is 4.99. The highest BCUT2D eigenvalue weighted by Gasteiger charge is 2.39. The Labute approximate surface area is 119 Å². The number of fused-ring (bicyclic) bond motifs is 1. The summed E-state index contributed by atoms with van der Waals surface area (Å²) in [6.07, 6.45) is 1.98. The number of H-pyrrole nitrogens is 1. The van der Waals surface area contributed by atoms with Crippen molar-refractivity contribution in [3.05, 3.63) is 34.7 Å². The number of nitrogens with one attached hydrogen (secondary N) is 1. The van der Waals surface area contributed by atoms with Crippen LogP contribution in [0.2, 0.25) is 0 Å². The van der Waals surface area contributed by atoms with Crippen molar-refractivity contribution >= 4 is 11.9 Å². The predicted molar refractivity (Wildman–Crippen MR) is 69.7 cm³/mol. The third-order valence-corrected chi connectivity index (χ3v) is 3.67. The quantitative estimate of drug-likeness (QED) is 0.847. The minimum Gasteiger partial charge on any atom is -0.479 e. The van der Waals surface area contributed by atoms with Crippen molar-refractivity contribution < 1.29 is 19.2 Å². The first-order valence-corrected chi connectivity index (χ1v) is 6.49. The molecule has 0 bridgehead atoms. The summed E-state index contributed by atoms with van der Waals surface area (Å²) >= 11 is 0. The molecule has 1 atom stereocenters. The van der Waals surface area contributed by atoms with Crippen LogP contribution in [0.25, 0.3) is 0 Å². The van der Waals surface area contributed by atoms with Crippen LogP contribution in [-0.4, -0.2) is 43.6 Å². The monoisotopic (exact) mass is 290 g/mol. The molecule has 8 heteroatoms. The number of imidazole rings is 1. The maximum Gasteiger partial charge on any atom is 0.332 e. The van der Waals surface area contributed by atoms with Gasteiger partial charge in [0.05, 0.1) is 17.7 Å². The fraction of sp³-hybridized carbons (Fsp3) is 0.385. The number of nitrogens with zero attached hydrogens (tertiary/aromatic N) is 3. The van der Waals surface area contributed by atoms with Gasteiger partial charge in [-0.1, -0.05) is 5.16 Å². The van der Waals surface area contributed by atoms with Crippen molar-refractivity contribution in [2.24, 2.45) is 0 Å². The average Bonchev–Trinajstić information content (AvgIpc) is 3.03. The number of aromatic amines is 1. The Bertz CT molecular complexity index is 698. The lowest BCUT2D eigenvalue weighted by atomic mass is 10.0. The Morgan fingerprint density at radius 1 is 1.48 bits per heavy atom. The Balaban J connectivity index is 2.02. The van der Waals surface area contributed by atoms with Crippen LogP contribution in [0.4, 0.5) is 0 Å². The Kier molecular flexibility index (Phi) is 3.00. The number of hydrogen-bond acceptors (Lipinski definition) is 5. The number of rotatable bonds is 2. The topological polar surface area (TPSA) is 112 Å². The van der Waals surface area contributed by atoms with Gasteiger partial charge in [0.25, 0.3) is 5.91 Å². The number of carbonyl (C=O) groups is 2. The first kappa shape index (κ1) is 13.3. The Morgan fingerprint density at radius 2 is 2.24 bits per heavy atom.